The smallest absolute Gasteiger partial charge is 0.164 e. The van der Waals surface area contributed by atoms with Crippen molar-refractivity contribution in [2.24, 2.45) is 0 Å². The molecule has 14 aromatic rings. The van der Waals surface area contributed by atoms with E-state index in [1.165, 1.54) is 32.3 Å². The summed E-state index contributed by atoms with van der Waals surface area (Å²) in [6.07, 6.45) is 0. The van der Waals surface area contributed by atoms with Crippen LogP contribution in [0.2, 0.25) is 0 Å². The van der Waals surface area contributed by atoms with Crippen LogP contribution in [0.25, 0.3) is 138 Å². The molecule has 0 unspecified atom stereocenters. The van der Waals surface area contributed by atoms with Crippen molar-refractivity contribution in [3.05, 3.63) is 218 Å². The predicted octanol–water partition coefficient (Wildman–Crippen LogP) is 16.1. The number of hydrogen-bond acceptors (Lipinski definition) is 4. The Morgan fingerprint density at radius 2 is 0.939 bits per heavy atom. The van der Waals surface area contributed by atoms with Gasteiger partial charge in [0.05, 0.1) is 11.0 Å². The molecule has 0 aliphatic heterocycles. The van der Waals surface area contributed by atoms with E-state index in [0.717, 1.165) is 88.0 Å². The highest BCUT2D eigenvalue weighted by atomic mass is 16.3. The minimum absolute atomic E-state index is 0.567. The maximum Gasteiger partial charge on any atom is 0.164 e. The summed E-state index contributed by atoms with van der Waals surface area (Å²) in [6, 6.07) is 77.6. The van der Waals surface area contributed by atoms with E-state index in [-0.39, 0.29) is 0 Å². The van der Waals surface area contributed by atoms with E-state index in [0.29, 0.717) is 17.5 Å². The van der Waals surface area contributed by atoms with Crippen LogP contribution >= 0.6 is 0 Å². The second kappa shape index (κ2) is 14.3. The second-order valence-corrected chi connectivity index (χ2v) is 17.2. The lowest BCUT2D eigenvalue weighted by atomic mass is 9.97. The van der Waals surface area contributed by atoms with Crippen molar-refractivity contribution in [3.63, 3.8) is 0 Å². The van der Waals surface area contributed by atoms with Crippen LogP contribution in [0.5, 0.6) is 0 Å². The van der Waals surface area contributed by atoms with Gasteiger partial charge >= 0.3 is 0 Å². The molecule has 0 aliphatic rings. The standard InChI is InChI=1S/C61H36N4O/c1-2-13-37(14-3-1)41-20-12-21-44(31-41)59-62-60(45-26-25-38-15-4-5-17-40(38)32-45)64-61(63-59)51-36-56-58(49-23-10-11-24-55(49)66-56)48-29-28-46(35-50(48)51)65-53-30-27-39-16-8-9-22-47(39)57(53)52-33-42-18-6-7-19-43(42)34-54(52)65/h1-36H. The zero-order valence-electron chi connectivity index (χ0n) is 35.5. The van der Waals surface area contributed by atoms with E-state index in [1.54, 1.807) is 0 Å². The fourth-order valence-electron chi connectivity index (χ4n) is 10.3. The van der Waals surface area contributed by atoms with Crippen LogP contribution in [0.4, 0.5) is 0 Å². The van der Waals surface area contributed by atoms with Gasteiger partial charge in [-0.1, -0.05) is 164 Å². The molecule has 3 heterocycles. The van der Waals surface area contributed by atoms with E-state index in [1.807, 2.05) is 18.2 Å². The molecule has 0 fully saturated rings. The Bertz CT molecular complexity index is 4300. The van der Waals surface area contributed by atoms with Gasteiger partial charge in [0, 0.05) is 43.9 Å². The number of fused-ring (bicyclic) bond motifs is 12. The average molecular weight is 841 g/mol. The molecule has 0 atom stereocenters. The van der Waals surface area contributed by atoms with Crippen molar-refractivity contribution < 1.29 is 4.42 Å². The Kier molecular flexibility index (Phi) is 7.91. The Morgan fingerprint density at radius 3 is 1.77 bits per heavy atom. The molecule has 0 radical (unpaired) electrons. The van der Waals surface area contributed by atoms with Crippen LogP contribution in [0, 0.1) is 0 Å². The number of rotatable bonds is 5. The Balaban J connectivity index is 1.07. The van der Waals surface area contributed by atoms with Crippen molar-refractivity contribution in [2.75, 3.05) is 0 Å². The Hall–Kier alpha value is -8.93. The lowest BCUT2D eigenvalue weighted by molar-refractivity contribution is 0.669. The quantitative estimate of drug-likeness (QED) is 0.173. The third-order valence-corrected chi connectivity index (χ3v) is 13.4. The van der Waals surface area contributed by atoms with Gasteiger partial charge in [-0.2, -0.15) is 0 Å². The fourth-order valence-corrected chi connectivity index (χ4v) is 10.3. The first kappa shape index (κ1) is 36.5. The van der Waals surface area contributed by atoms with E-state index >= 15 is 0 Å². The summed E-state index contributed by atoms with van der Waals surface area (Å²) in [4.78, 5) is 16.0. The summed E-state index contributed by atoms with van der Waals surface area (Å²) in [6.45, 7) is 0. The highest BCUT2D eigenvalue weighted by Gasteiger charge is 2.22. The van der Waals surface area contributed by atoms with Crippen LogP contribution < -0.4 is 0 Å². The minimum atomic E-state index is 0.567. The van der Waals surface area contributed by atoms with Gasteiger partial charge in [-0.3, -0.25) is 0 Å². The normalized spacial score (nSPS) is 11.9. The number of para-hydroxylation sites is 1. The first-order valence-corrected chi connectivity index (χ1v) is 22.3. The van der Waals surface area contributed by atoms with E-state index < -0.39 is 0 Å². The molecule has 0 bridgehead atoms. The summed E-state index contributed by atoms with van der Waals surface area (Å²) < 4.78 is 9.12. The molecule has 0 spiro atoms. The van der Waals surface area contributed by atoms with Crippen LogP contribution in [0.15, 0.2) is 223 Å². The molecule has 0 amide bonds. The summed E-state index contributed by atoms with van der Waals surface area (Å²) in [5.74, 6) is 1.76. The van der Waals surface area contributed by atoms with Crippen LogP contribution in [0.1, 0.15) is 0 Å². The summed E-state index contributed by atoms with van der Waals surface area (Å²) in [5, 5.41) is 13.8. The Morgan fingerprint density at radius 1 is 0.303 bits per heavy atom. The first-order chi connectivity index (χ1) is 32.7. The van der Waals surface area contributed by atoms with Gasteiger partial charge in [0.2, 0.25) is 0 Å². The topological polar surface area (TPSA) is 56.7 Å². The average Bonchev–Trinajstić information content (AvgIpc) is 3.93. The number of aromatic nitrogens is 4. The van der Waals surface area contributed by atoms with Gasteiger partial charge in [0.25, 0.3) is 0 Å². The van der Waals surface area contributed by atoms with Crippen molar-refractivity contribution in [1.29, 1.82) is 0 Å². The molecule has 0 aliphatic carbocycles. The molecule has 0 saturated carbocycles. The highest BCUT2D eigenvalue weighted by molar-refractivity contribution is 6.25. The molecule has 0 N–H and O–H groups in total. The lowest BCUT2D eigenvalue weighted by Gasteiger charge is -2.14. The number of nitrogens with zero attached hydrogens (tertiary/aromatic N) is 4. The molecule has 14 rings (SSSR count). The first-order valence-electron chi connectivity index (χ1n) is 22.3. The molecule has 11 aromatic carbocycles. The van der Waals surface area contributed by atoms with Gasteiger partial charge < -0.3 is 8.98 Å². The van der Waals surface area contributed by atoms with Crippen molar-refractivity contribution in [2.45, 2.75) is 0 Å². The fraction of sp³-hybridized carbons (Fsp3) is 0. The Labute approximate surface area is 378 Å². The zero-order chi connectivity index (χ0) is 43.3. The number of benzene rings is 11. The van der Waals surface area contributed by atoms with Crippen molar-refractivity contribution in [3.8, 4) is 51.0 Å². The summed E-state index contributed by atoms with van der Waals surface area (Å²) in [5.41, 5.74) is 9.85. The van der Waals surface area contributed by atoms with E-state index in [2.05, 4.69) is 205 Å². The monoisotopic (exact) mass is 840 g/mol. The SMILES string of the molecule is c1ccc(-c2cccc(-c3nc(-c4ccc5ccccc5c4)nc(-c4cc5oc6ccccc6c5c5ccc(-n6c7cc8ccccc8cc7c7c8ccccc8ccc76)cc45)n3)c2)cc1. The van der Waals surface area contributed by atoms with Crippen LogP contribution in [-0.4, -0.2) is 19.5 Å². The van der Waals surface area contributed by atoms with Gasteiger partial charge in [-0.05, 0) is 109 Å². The largest absolute Gasteiger partial charge is 0.456 e. The molecule has 0 saturated heterocycles. The number of hydrogen-bond donors (Lipinski definition) is 0. The minimum Gasteiger partial charge on any atom is -0.456 e. The summed E-state index contributed by atoms with van der Waals surface area (Å²) >= 11 is 0. The molecule has 5 nitrogen and oxygen atoms in total. The third kappa shape index (κ3) is 5.70. The van der Waals surface area contributed by atoms with E-state index in [9.17, 15) is 0 Å². The van der Waals surface area contributed by atoms with E-state index in [4.69, 9.17) is 19.4 Å². The maximum atomic E-state index is 6.69. The number of furan rings is 1. The highest BCUT2D eigenvalue weighted by Crippen LogP contribution is 2.44. The third-order valence-electron chi connectivity index (χ3n) is 13.4. The van der Waals surface area contributed by atoms with Gasteiger partial charge in [-0.25, -0.2) is 15.0 Å². The molecular weight excluding hydrogens is 805 g/mol. The van der Waals surface area contributed by atoms with Crippen LogP contribution in [-0.2, 0) is 0 Å². The van der Waals surface area contributed by atoms with Crippen molar-refractivity contribution >= 4 is 86.8 Å². The maximum absolute atomic E-state index is 6.69. The lowest BCUT2D eigenvalue weighted by Crippen LogP contribution is -2.01. The van der Waals surface area contributed by atoms with Crippen LogP contribution in [0.3, 0.4) is 0 Å². The molecule has 3 aromatic heterocycles. The van der Waals surface area contributed by atoms with Gasteiger partial charge in [0.1, 0.15) is 11.2 Å². The van der Waals surface area contributed by atoms with Crippen molar-refractivity contribution in [1.82, 2.24) is 19.5 Å². The predicted molar refractivity (Wildman–Crippen MR) is 273 cm³/mol. The molecule has 5 heteroatoms. The molecule has 306 valence electrons. The molecule has 66 heavy (non-hydrogen) atoms. The van der Waals surface area contributed by atoms with Gasteiger partial charge in [-0.15, -0.1) is 0 Å². The molecular formula is C61H36N4O. The second-order valence-electron chi connectivity index (χ2n) is 17.2. The van der Waals surface area contributed by atoms with Gasteiger partial charge in [0.15, 0.2) is 17.5 Å². The summed E-state index contributed by atoms with van der Waals surface area (Å²) in [7, 11) is 0. The zero-order valence-corrected chi connectivity index (χ0v) is 35.5.